The summed E-state index contributed by atoms with van der Waals surface area (Å²) in [5.41, 5.74) is -1.37. The second-order valence-electron chi connectivity index (χ2n) is 2.77. The van der Waals surface area contributed by atoms with Crippen LogP contribution in [0.25, 0.3) is 0 Å². The van der Waals surface area contributed by atoms with E-state index in [4.69, 9.17) is 0 Å². The predicted octanol–water partition coefficient (Wildman–Crippen LogP) is 2.97. The standard InChI is InChI=1S/C8H8F4N2/c1-3-5(7(9)10)14-6(8(11)12)4(2)13-3/h7-8H,1-2H3. The van der Waals surface area contributed by atoms with E-state index in [9.17, 15) is 17.6 Å². The maximum absolute atomic E-state index is 12.3. The fraction of sp³-hybridized carbons (Fsp3) is 0.500. The first-order valence-electron chi connectivity index (χ1n) is 3.84. The Kier molecular flexibility index (Phi) is 3.03. The molecule has 0 amide bonds. The Labute approximate surface area is 78.0 Å². The highest BCUT2D eigenvalue weighted by Crippen LogP contribution is 2.25. The molecule has 78 valence electrons. The van der Waals surface area contributed by atoms with Gasteiger partial charge >= 0.3 is 0 Å². The van der Waals surface area contributed by atoms with Crippen molar-refractivity contribution >= 4 is 0 Å². The van der Waals surface area contributed by atoms with E-state index < -0.39 is 24.2 Å². The third-order valence-electron chi connectivity index (χ3n) is 1.73. The number of hydrogen-bond acceptors (Lipinski definition) is 2. The summed E-state index contributed by atoms with van der Waals surface area (Å²) in [6.45, 7) is 2.63. The van der Waals surface area contributed by atoms with Crippen molar-refractivity contribution in [3.8, 4) is 0 Å². The Morgan fingerprint density at radius 1 is 0.786 bits per heavy atom. The summed E-state index contributed by atoms with van der Waals surface area (Å²) < 4.78 is 49.0. The van der Waals surface area contributed by atoms with Crippen molar-refractivity contribution in [2.45, 2.75) is 26.7 Å². The average molecular weight is 208 g/mol. The molecule has 0 aromatic carbocycles. The van der Waals surface area contributed by atoms with Gasteiger partial charge in [0.05, 0.1) is 11.4 Å². The topological polar surface area (TPSA) is 25.8 Å². The molecule has 0 aliphatic rings. The van der Waals surface area contributed by atoms with Crippen LogP contribution in [-0.2, 0) is 0 Å². The molecule has 1 aromatic rings. The maximum atomic E-state index is 12.3. The van der Waals surface area contributed by atoms with Gasteiger partial charge in [0.1, 0.15) is 11.4 Å². The summed E-state index contributed by atoms with van der Waals surface area (Å²) in [4.78, 5) is 6.80. The molecule has 0 spiro atoms. The molecular weight excluding hydrogens is 200 g/mol. The molecule has 0 aliphatic heterocycles. The van der Waals surface area contributed by atoms with Gasteiger partial charge in [-0.2, -0.15) is 0 Å². The van der Waals surface area contributed by atoms with Gasteiger partial charge in [0, 0.05) is 0 Å². The third-order valence-corrected chi connectivity index (χ3v) is 1.73. The first-order valence-corrected chi connectivity index (χ1v) is 3.84. The Hall–Kier alpha value is -1.20. The Morgan fingerprint density at radius 2 is 1.14 bits per heavy atom. The second-order valence-corrected chi connectivity index (χ2v) is 2.77. The second kappa shape index (κ2) is 3.89. The molecule has 0 atom stereocenters. The minimum absolute atomic E-state index is 0.0121. The van der Waals surface area contributed by atoms with Gasteiger partial charge in [0.25, 0.3) is 12.9 Å². The van der Waals surface area contributed by atoms with E-state index in [0.717, 1.165) is 0 Å². The largest absolute Gasteiger partial charge is 0.282 e. The van der Waals surface area contributed by atoms with Crippen molar-refractivity contribution in [2.24, 2.45) is 0 Å². The van der Waals surface area contributed by atoms with Crippen LogP contribution in [0.3, 0.4) is 0 Å². The SMILES string of the molecule is Cc1nc(C)c(C(F)F)nc1C(F)F. The van der Waals surface area contributed by atoms with E-state index in [0.29, 0.717) is 0 Å². The number of halogens is 4. The van der Waals surface area contributed by atoms with Crippen LogP contribution < -0.4 is 0 Å². The number of aromatic nitrogens is 2. The summed E-state index contributed by atoms with van der Waals surface area (Å²) in [5.74, 6) is 0. The van der Waals surface area contributed by atoms with E-state index in [1.165, 1.54) is 13.8 Å². The summed E-state index contributed by atoms with van der Waals surface area (Å²) in [6, 6.07) is 0. The summed E-state index contributed by atoms with van der Waals surface area (Å²) in [6.07, 6.45) is -5.75. The molecule has 0 radical (unpaired) electrons. The van der Waals surface area contributed by atoms with Crippen LogP contribution in [0.1, 0.15) is 35.6 Å². The van der Waals surface area contributed by atoms with Crippen LogP contribution in [-0.4, -0.2) is 9.97 Å². The normalized spacial score (nSPS) is 11.4. The van der Waals surface area contributed by atoms with Gasteiger partial charge in [-0.05, 0) is 13.8 Å². The van der Waals surface area contributed by atoms with Gasteiger partial charge < -0.3 is 0 Å². The summed E-state index contributed by atoms with van der Waals surface area (Å²) >= 11 is 0. The fourth-order valence-corrected chi connectivity index (χ4v) is 1.07. The molecule has 0 N–H and O–H groups in total. The van der Waals surface area contributed by atoms with Crippen LogP contribution in [0, 0.1) is 13.8 Å². The van der Waals surface area contributed by atoms with Gasteiger partial charge in [-0.1, -0.05) is 0 Å². The van der Waals surface area contributed by atoms with Gasteiger partial charge in [-0.25, -0.2) is 22.5 Å². The lowest BCUT2D eigenvalue weighted by molar-refractivity contribution is 0.131. The maximum Gasteiger partial charge on any atom is 0.282 e. The van der Waals surface area contributed by atoms with E-state index in [1.807, 2.05) is 0 Å². The molecule has 6 heteroatoms. The van der Waals surface area contributed by atoms with E-state index in [2.05, 4.69) is 9.97 Å². The Bertz CT molecular complexity index is 309. The van der Waals surface area contributed by atoms with Crippen LogP contribution >= 0.6 is 0 Å². The van der Waals surface area contributed by atoms with Crippen molar-refractivity contribution < 1.29 is 17.6 Å². The van der Waals surface area contributed by atoms with Crippen molar-refractivity contribution in [1.82, 2.24) is 9.97 Å². The molecule has 0 aliphatic carbocycles. The lowest BCUT2D eigenvalue weighted by Gasteiger charge is -2.08. The summed E-state index contributed by atoms with van der Waals surface area (Å²) in [7, 11) is 0. The van der Waals surface area contributed by atoms with Gasteiger partial charge in [0.2, 0.25) is 0 Å². The van der Waals surface area contributed by atoms with Crippen molar-refractivity contribution in [3.05, 3.63) is 22.8 Å². The van der Waals surface area contributed by atoms with E-state index in [1.54, 1.807) is 0 Å². The van der Waals surface area contributed by atoms with E-state index in [-0.39, 0.29) is 11.4 Å². The van der Waals surface area contributed by atoms with Crippen LogP contribution in [0.4, 0.5) is 17.6 Å². The first kappa shape index (κ1) is 10.9. The minimum atomic E-state index is -2.87. The molecule has 0 unspecified atom stereocenters. The molecule has 1 heterocycles. The van der Waals surface area contributed by atoms with Crippen molar-refractivity contribution in [1.29, 1.82) is 0 Å². The summed E-state index contributed by atoms with van der Waals surface area (Å²) in [5, 5.41) is 0. The Balaban J connectivity index is 3.27. The quantitative estimate of drug-likeness (QED) is 0.698. The lowest BCUT2D eigenvalue weighted by Crippen LogP contribution is -2.06. The lowest BCUT2D eigenvalue weighted by atomic mass is 10.2. The molecule has 2 nitrogen and oxygen atoms in total. The van der Waals surface area contributed by atoms with Crippen LogP contribution in [0.2, 0.25) is 0 Å². The molecule has 0 saturated heterocycles. The number of hydrogen-bond donors (Lipinski definition) is 0. The number of nitrogens with zero attached hydrogens (tertiary/aromatic N) is 2. The van der Waals surface area contributed by atoms with Crippen LogP contribution in [0.15, 0.2) is 0 Å². The van der Waals surface area contributed by atoms with Gasteiger partial charge in [-0.3, -0.25) is 4.98 Å². The van der Waals surface area contributed by atoms with Gasteiger partial charge in [0.15, 0.2) is 0 Å². The van der Waals surface area contributed by atoms with Crippen LogP contribution in [0.5, 0.6) is 0 Å². The molecule has 0 fully saturated rings. The molecule has 1 aromatic heterocycles. The zero-order valence-electron chi connectivity index (χ0n) is 7.56. The Morgan fingerprint density at radius 3 is 1.43 bits per heavy atom. The highest BCUT2D eigenvalue weighted by Gasteiger charge is 2.20. The van der Waals surface area contributed by atoms with E-state index >= 15 is 0 Å². The van der Waals surface area contributed by atoms with Crippen molar-refractivity contribution in [3.63, 3.8) is 0 Å². The number of rotatable bonds is 2. The molecule has 0 bridgehead atoms. The molecule has 14 heavy (non-hydrogen) atoms. The zero-order chi connectivity index (χ0) is 10.9. The monoisotopic (exact) mass is 208 g/mol. The fourth-order valence-electron chi connectivity index (χ4n) is 1.07. The first-order chi connectivity index (χ1) is 6.43. The smallest absolute Gasteiger partial charge is 0.254 e. The number of aryl methyl sites for hydroxylation is 2. The van der Waals surface area contributed by atoms with Gasteiger partial charge in [-0.15, -0.1) is 0 Å². The highest BCUT2D eigenvalue weighted by molar-refractivity contribution is 5.20. The average Bonchev–Trinajstić information content (AvgIpc) is 2.02. The van der Waals surface area contributed by atoms with Crippen molar-refractivity contribution in [2.75, 3.05) is 0 Å². The predicted molar refractivity (Wildman–Crippen MR) is 41.4 cm³/mol. The zero-order valence-corrected chi connectivity index (χ0v) is 7.56. The molecule has 0 saturated carbocycles. The highest BCUT2D eigenvalue weighted by atomic mass is 19.3. The third kappa shape index (κ3) is 2.00. The minimum Gasteiger partial charge on any atom is -0.254 e. The number of alkyl halides is 4. The molecular formula is C8H8F4N2. The molecule has 1 rings (SSSR count).